The molecule has 70 valence electrons. The van der Waals surface area contributed by atoms with Crippen molar-refractivity contribution >= 4 is 5.84 Å². The van der Waals surface area contributed by atoms with E-state index in [9.17, 15) is 32.3 Å². The molecule has 0 heterocycles. The molecule has 0 aliphatic rings. The summed E-state index contributed by atoms with van der Waals surface area (Å²) in [6, 6.07) is -5.24. The quantitative estimate of drug-likeness (QED) is 0.126. The lowest BCUT2D eigenvalue weighted by molar-refractivity contribution is -0.620. The van der Waals surface area contributed by atoms with Gasteiger partial charge in [-0.25, -0.2) is 0 Å². The number of rotatable bonds is 2. The zero-order valence-electron chi connectivity index (χ0n) is 5.05. The molecule has 0 saturated heterocycles. The Hall–Kier alpha value is -1.48. The Kier molecular flexibility index (Phi) is 2.87. The maximum absolute atomic E-state index is 11.9. The van der Waals surface area contributed by atoms with E-state index in [0.717, 1.165) is 5.21 Å². The van der Waals surface area contributed by atoms with Crippen LogP contribution >= 0.6 is 0 Å². The van der Waals surface area contributed by atoms with Crippen molar-refractivity contribution in [2.24, 2.45) is 5.21 Å². The molecule has 0 N–H and O–H groups in total. The van der Waals surface area contributed by atoms with Gasteiger partial charge in [-0.3, -0.25) is 10.1 Å². The van der Waals surface area contributed by atoms with Crippen LogP contribution in [0.2, 0.25) is 0 Å². The van der Waals surface area contributed by atoms with Crippen molar-refractivity contribution in [3.8, 4) is 0 Å². The first-order valence-electron chi connectivity index (χ1n) is 2.17. The van der Waals surface area contributed by atoms with E-state index in [1.54, 1.807) is 0 Å². The lowest BCUT2D eigenvalue weighted by Crippen LogP contribution is -2.42. The minimum Gasteiger partial charge on any atom is -0.259 e. The molecular weight excluding hydrogens is 193 g/mol. The Morgan fingerprint density at radius 3 is 2.00 bits per heavy atom. The molecule has 0 aromatic heterocycles. The highest BCUT2D eigenvalue weighted by Crippen LogP contribution is 2.20. The molecule has 0 spiro atoms. The van der Waals surface area contributed by atoms with Gasteiger partial charge >= 0.3 is 11.9 Å². The molecule has 0 fully saturated rings. The van der Waals surface area contributed by atoms with Crippen molar-refractivity contribution in [3.05, 3.63) is 10.1 Å². The van der Waals surface area contributed by atoms with Crippen LogP contribution in [-0.2, 0) is 0 Å². The molecule has 12 heavy (non-hydrogen) atoms. The third-order valence-corrected chi connectivity index (χ3v) is 0.738. The molecular formula is C2F5N3O2. The highest BCUT2D eigenvalue weighted by atomic mass is 19.4. The summed E-state index contributed by atoms with van der Waals surface area (Å²) in [6.07, 6.45) is 0. The first-order valence-corrected chi connectivity index (χ1v) is 2.17. The molecule has 0 aliphatic carbocycles. The van der Waals surface area contributed by atoms with Gasteiger partial charge in [-0.2, -0.15) is 0 Å². The number of hydrogen-bond acceptors (Lipinski definition) is 3. The Morgan fingerprint density at radius 2 is 1.92 bits per heavy atom. The van der Waals surface area contributed by atoms with Gasteiger partial charge in [-0.05, 0) is 5.34 Å². The van der Waals surface area contributed by atoms with Gasteiger partial charge in [0.2, 0.25) is 0 Å². The third-order valence-electron chi connectivity index (χ3n) is 0.738. The molecule has 0 rings (SSSR count). The van der Waals surface area contributed by atoms with Crippen molar-refractivity contribution < 1.29 is 27.1 Å². The molecule has 0 aliphatic heterocycles. The summed E-state index contributed by atoms with van der Waals surface area (Å²) in [5, 5.41) is 7.79. The number of alkyl halides is 2. The maximum Gasteiger partial charge on any atom is 0.580 e. The average Bonchev–Trinajstić information content (AvgIpc) is 1.86. The van der Waals surface area contributed by atoms with Crippen molar-refractivity contribution in [2.75, 3.05) is 0 Å². The number of nitrogens with zero attached hydrogens (tertiary/aromatic N) is 3. The fourth-order valence-electron chi connectivity index (χ4n) is 0.263. The van der Waals surface area contributed by atoms with Gasteiger partial charge in [0.25, 0.3) is 0 Å². The van der Waals surface area contributed by atoms with Gasteiger partial charge in [0.1, 0.15) is 4.92 Å². The zero-order chi connectivity index (χ0) is 9.94. The summed E-state index contributed by atoms with van der Waals surface area (Å²) in [4.78, 5) is 6.98. The van der Waals surface area contributed by atoms with E-state index in [4.69, 9.17) is 0 Å². The SMILES string of the molecule is O=[N+]([O-])C(F)(F)/C(=N\F)N(F)F. The van der Waals surface area contributed by atoms with E-state index >= 15 is 0 Å². The third kappa shape index (κ3) is 1.77. The largest absolute Gasteiger partial charge is 0.580 e. The lowest BCUT2D eigenvalue weighted by Gasteiger charge is -2.07. The highest BCUT2D eigenvalue weighted by Gasteiger charge is 2.56. The predicted octanol–water partition coefficient (Wildman–Crippen LogP) is 1.21. The first-order chi connectivity index (χ1) is 5.34. The summed E-state index contributed by atoms with van der Waals surface area (Å²) in [5.41, 5.74) is 0. The Balaban J connectivity index is 4.87. The molecule has 0 saturated carbocycles. The average molecular weight is 193 g/mol. The highest BCUT2D eigenvalue weighted by molar-refractivity contribution is 5.85. The molecule has 0 amide bonds. The van der Waals surface area contributed by atoms with Crippen LogP contribution in [0.5, 0.6) is 0 Å². The van der Waals surface area contributed by atoms with Crippen molar-refractivity contribution in [1.29, 1.82) is 0 Å². The van der Waals surface area contributed by atoms with Crippen LogP contribution < -0.4 is 0 Å². The number of nitro groups is 1. The van der Waals surface area contributed by atoms with Crippen LogP contribution in [0.25, 0.3) is 0 Å². The minimum absolute atomic E-state index is 0.881. The van der Waals surface area contributed by atoms with Gasteiger partial charge in [0, 0.05) is 0 Å². The zero-order valence-corrected chi connectivity index (χ0v) is 5.05. The second kappa shape index (κ2) is 3.28. The van der Waals surface area contributed by atoms with Crippen molar-refractivity contribution in [3.63, 3.8) is 0 Å². The smallest absolute Gasteiger partial charge is 0.259 e. The Morgan fingerprint density at radius 1 is 1.50 bits per heavy atom. The van der Waals surface area contributed by atoms with Crippen LogP contribution in [-0.4, -0.2) is 22.1 Å². The number of hydrogen-bond donors (Lipinski definition) is 0. The fourth-order valence-corrected chi connectivity index (χ4v) is 0.263. The molecule has 0 aromatic rings. The number of amidine groups is 1. The summed E-state index contributed by atoms with van der Waals surface area (Å²) >= 11 is 0. The molecule has 0 radical (unpaired) electrons. The number of halogens is 5. The molecule has 10 heteroatoms. The Bertz CT molecular complexity index is 215. The summed E-state index contributed by atoms with van der Waals surface area (Å²) in [6.45, 7) is 0. The topological polar surface area (TPSA) is 58.7 Å². The predicted molar refractivity (Wildman–Crippen MR) is 24.5 cm³/mol. The van der Waals surface area contributed by atoms with Gasteiger partial charge in [0.15, 0.2) is 0 Å². The normalized spacial score (nSPS) is 12.9. The first kappa shape index (κ1) is 10.5. The summed E-state index contributed by atoms with van der Waals surface area (Å²) in [7, 11) is 0. The van der Waals surface area contributed by atoms with Crippen LogP contribution in [0, 0.1) is 10.1 Å². The van der Waals surface area contributed by atoms with Gasteiger partial charge in [0.05, 0.1) is 0 Å². The van der Waals surface area contributed by atoms with E-state index in [0.29, 0.717) is 0 Å². The van der Waals surface area contributed by atoms with E-state index in [1.165, 1.54) is 0 Å². The van der Waals surface area contributed by atoms with E-state index < -0.39 is 22.1 Å². The van der Waals surface area contributed by atoms with Gasteiger partial charge < -0.3 is 0 Å². The van der Waals surface area contributed by atoms with Crippen LogP contribution in [0.15, 0.2) is 5.21 Å². The second-order valence-electron chi connectivity index (χ2n) is 1.44. The maximum atomic E-state index is 11.9. The Labute approximate surface area is 61.0 Å². The van der Waals surface area contributed by atoms with Gasteiger partial charge in [-0.1, -0.05) is 18.7 Å². The standard InChI is InChI=1S/C2F5N3O2/c3-2(4,10(11)12)1(8-5)9(6)7/b8-1+. The minimum atomic E-state index is -5.24. The molecule has 0 bridgehead atoms. The summed E-state index contributed by atoms with van der Waals surface area (Å²) < 4.78 is 57.3. The molecule has 0 atom stereocenters. The monoisotopic (exact) mass is 193 g/mol. The molecule has 5 nitrogen and oxygen atoms in total. The van der Waals surface area contributed by atoms with E-state index in [-0.39, 0.29) is 0 Å². The van der Waals surface area contributed by atoms with E-state index in [1.807, 2.05) is 0 Å². The van der Waals surface area contributed by atoms with E-state index in [2.05, 4.69) is 0 Å². The lowest BCUT2D eigenvalue weighted by atomic mass is 10.5. The van der Waals surface area contributed by atoms with Gasteiger partial charge in [-0.15, -0.1) is 8.78 Å². The van der Waals surface area contributed by atoms with Crippen LogP contribution in [0.3, 0.4) is 0 Å². The second-order valence-corrected chi connectivity index (χ2v) is 1.44. The van der Waals surface area contributed by atoms with Crippen LogP contribution in [0.4, 0.5) is 22.2 Å². The molecule has 0 aromatic carbocycles. The fraction of sp³-hybridized carbons (Fsp3) is 0.500. The van der Waals surface area contributed by atoms with Crippen molar-refractivity contribution in [2.45, 2.75) is 6.05 Å². The summed E-state index contributed by atoms with van der Waals surface area (Å²) in [5.74, 6) is -2.87. The molecule has 0 unspecified atom stereocenters. The van der Waals surface area contributed by atoms with Crippen molar-refractivity contribution in [1.82, 2.24) is 5.34 Å². The van der Waals surface area contributed by atoms with Crippen LogP contribution in [0.1, 0.15) is 0 Å².